The van der Waals surface area contributed by atoms with Crippen molar-refractivity contribution in [2.75, 3.05) is 0 Å². The summed E-state index contributed by atoms with van der Waals surface area (Å²) in [6, 6.07) is 0. The lowest BCUT2D eigenvalue weighted by atomic mass is 9.69. The molecule has 0 heterocycles. The first-order chi connectivity index (χ1) is 5.99. The molecular weight excluding hydrogens is 164 g/mol. The van der Waals surface area contributed by atoms with E-state index in [2.05, 4.69) is 6.58 Å². The molecule has 1 aliphatic rings. The molecule has 0 aromatic carbocycles. The molecule has 0 amide bonds. The first-order valence-electron chi connectivity index (χ1n) is 4.64. The summed E-state index contributed by atoms with van der Waals surface area (Å²) in [6.07, 6.45) is 2.82. The second-order valence-electron chi connectivity index (χ2n) is 4.24. The largest absolute Gasteiger partial charge is 0.302 e. The Bertz CT molecular complexity index is 255. The van der Waals surface area contributed by atoms with Crippen LogP contribution in [0.3, 0.4) is 0 Å². The normalized spacial score (nSPS) is 34.3. The number of hydrogen-bond donors (Lipinski definition) is 0. The van der Waals surface area contributed by atoms with Crippen LogP contribution in [-0.2, 0) is 9.59 Å². The summed E-state index contributed by atoms with van der Waals surface area (Å²) in [6.45, 7) is 7.57. The van der Waals surface area contributed by atoms with Gasteiger partial charge < -0.3 is 4.79 Å². The number of aldehydes is 1. The van der Waals surface area contributed by atoms with E-state index < -0.39 is 5.41 Å². The standard InChI is InChI=1S/C11H16O2/c1-8(2)9-4-5-10(13)11(3,6-9)7-12/h7,9H,1,4-6H2,2-3H3/t9-,11-/m0/s1. The molecule has 13 heavy (non-hydrogen) atoms. The highest BCUT2D eigenvalue weighted by Crippen LogP contribution is 2.37. The van der Waals surface area contributed by atoms with Crippen molar-refractivity contribution in [3.8, 4) is 0 Å². The van der Waals surface area contributed by atoms with E-state index in [0.29, 0.717) is 18.8 Å². The molecule has 1 fully saturated rings. The Kier molecular flexibility index (Phi) is 2.69. The number of ketones is 1. The Morgan fingerprint density at radius 2 is 2.31 bits per heavy atom. The lowest BCUT2D eigenvalue weighted by Crippen LogP contribution is -2.36. The smallest absolute Gasteiger partial charge is 0.145 e. The summed E-state index contributed by atoms with van der Waals surface area (Å²) in [7, 11) is 0. The number of carbonyl (C=O) groups excluding carboxylic acids is 2. The maximum atomic E-state index is 11.5. The van der Waals surface area contributed by atoms with Gasteiger partial charge in [0.25, 0.3) is 0 Å². The number of allylic oxidation sites excluding steroid dienone is 1. The van der Waals surface area contributed by atoms with E-state index in [4.69, 9.17) is 0 Å². The third-order valence-corrected chi connectivity index (χ3v) is 2.98. The van der Waals surface area contributed by atoms with Crippen LogP contribution in [0.4, 0.5) is 0 Å². The molecule has 0 aliphatic heterocycles. The number of carbonyl (C=O) groups is 2. The fraction of sp³-hybridized carbons (Fsp3) is 0.636. The summed E-state index contributed by atoms with van der Waals surface area (Å²) in [5.41, 5.74) is 0.336. The lowest BCUT2D eigenvalue weighted by molar-refractivity contribution is -0.136. The fourth-order valence-electron chi connectivity index (χ4n) is 1.85. The average Bonchev–Trinajstić information content (AvgIpc) is 2.09. The lowest BCUT2D eigenvalue weighted by Gasteiger charge is -2.32. The quantitative estimate of drug-likeness (QED) is 0.370. The molecular formula is C11H16O2. The van der Waals surface area contributed by atoms with Gasteiger partial charge in [-0.1, -0.05) is 12.2 Å². The van der Waals surface area contributed by atoms with E-state index in [1.165, 1.54) is 0 Å². The summed E-state index contributed by atoms with van der Waals surface area (Å²) in [4.78, 5) is 22.3. The second kappa shape index (κ2) is 3.44. The van der Waals surface area contributed by atoms with E-state index in [0.717, 1.165) is 18.3 Å². The molecule has 0 spiro atoms. The first-order valence-corrected chi connectivity index (χ1v) is 4.64. The van der Waals surface area contributed by atoms with Crippen LogP contribution >= 0.6 is 0 Å². The second-order valence-corrected chi connectivity index (χ2v) is 4.24. The van der Waals surface area contributed by atoms with Gasteiger partial charge in [0.1, 0.15) is 12.1 Å². The molecule has 0 aromatic rings. The molecule has 72 valence electrons. The third kappa shape index (κ3) is 1.87. The van der Waals surface area contributed by atoms with E-state index >= 15 is 0 Å². The Balaban J connectivity index is 2.80. The highest BCUT2D eigenvalue weighted by atomic mass is 16.1. The van der Waals surface area contributed by atoms with Crippen molar-refractivity contribution >= 4 is 12.1 Å². The number of hydrogen-bond acceptors (Lipinski definition) is 2. The van der Waals surface area contributed by atoms with Gasteiger partial charge >= 0.3 is 0 Å². The average molecular weight is 180 g/mol. The number of Topliss-reactive ketones (excluding diaryl/α,β-unsaturated/α-hetero) is 1. The summed E-state index contributed by atoms with van der Waals surface area (Å²) >= 11 is 0. The van der Waals surface area contributed by atoms with Crippen LogP contribution in [-0.4, -0.2) is 12.1 Å². The van der Waals surface area contributed by atoms with Crippen LogP contribution in [0.15, 0.2) is 12.2 Å². The molecule has 1 saturated carbocycles. The maximum Gasteiger partial charge on any atom is 0.145 e. The minimum Gasteiger partial charge on any atom is -0.302 e. The van der Waals surface area contributed by atoms with Gasteiger partial charge in [0, 0.05) is 6.42 Å². The van der Waals surface area contributed by atoms with E-state index in [1.54, 1.807) is 6.92 Å². The van der Waals surface area contributed by atoms with Gasteiger partial charge in [-0.15, -0.1) is 0 Å². The van der Waals surface area contributed by atoms with Gasteiger partial charge in [0.05, 0.1) is 5.41 Å². The molecule has 0 saturated heterocycles. The predicted octanol–water partition coefficient (Wildman–Crippen LogP) is 2.14. The highest BCUT2D eigenvalue weighted by Gasteiger charge is 2.39. The number of rotatable bonds is 2. The summed E-state index contributed by atoms with van der Waals surface area (Å²) in [5, 5.41) is 0. The van der Waals surface area contributed by atoms with Gasteiger partial charge in [0.2, 0.25) is 0 Å². The van der Waals surface area contributed by atoms with Crippen molar-refractivity contribution in [3.05, 3.63) is 12.2 Å². The van der Waals surface area contributed by atoms with Crippen LogP contribution in [0.5, 0.6) is 0 Å². The molecule has 2 heteroatoms. The molecule has 2 atom stereocenters. The predicted molar refractivity (Wildman–Crippen MR) is 51.3 cm³/mol. The zero-order valence-electron chi connectivity index (χ0n) is 8.30. The molecule has 0 aromatic heterocycles. The molecule has 2 nitrogen and oxygen atoms in total. The monoisotopic (exact) mass is 180 g/mol. The van der Waals surface area contributed by atoms with Gasteiger partial charge in [-0.2, -0.15) is 0 Å². The fourth-order valence-corrected chi connectivity index (χ4v) is 1.85. The van der Waals surface area contributed by atoms with Crippen molar-refractivity contribution < 1.29 is 9.59 Å². The molecule has 0 bridgehead atoms. The van der Waals surface area contributed by atoms with Crippen LogP contribution in [0.25, 0.3) is 0 Å². The topological polar surface area (TPSA) is 34.1 Å². The van der Waals surface area contributed by atoms with Crippen molar-refractivity contribution in [1.29, 1.82) is 0 Å². The molecule has 0 unspecified atom stereocenters. The van der Waals surface area contributed by atoms with Crippen LogP contribution in [0.1, 0.15) is 33.1 Å². The molecule has 1 aliphatic carbocycles. The zero-order chi connectivity index (χ0) is 10.1. The van der Waals surface area contributed by atoms with Gasteiger partial charge in [-0.05, 0) is 32.6 Å². The summed E-state index contributed by atoms with van der Waals surface area (Å²) < 4.78 is 0. The van der Waals surface area contributed by atoms with Crippen molar-refractivity contribution in [2.45, 2.75) is 33.1 Å². The van der Waals surface area contributed by atoms with E-state index in [1.807, 2.05) is 6.92 Å². The Hall–Kier alpha value is -0.920. The van der Waals surface area contributed by atoms with Gasteiger partial charge in [-0.25, -0.2) is 0 Å². The molecule has 0 radical (unpaired) electrons. The molecule has 0 N–H and O–H groups in total. The van der Waals surface area contributed by atoms with Crippen molar-refractivity contribution in [2.24, 2.45) is 11.3 Å². The molecule has 1 rings (SSSR count). The Morgan fingerprint density at radius 3 is 2.77 bits per heavy atom. The highest BCUT2D eigenvalue weighted by molar-refractivity contribution is 5.98. The minimum atomic E-state index is -0.748. The van der Waals surface area contributed by atoms with Gasteiger partial charge in [-0.3, -0.25) is 4.79 Å². The summed E-state index contributed by atoms with van der Waals surface area (Å²) in [5.74, 6) is 0.424. The first kappa shape index (κ1) is 10.2. The van der Waals surface area contributed by atoms with Crippen molar-refractivity contribution in [1.82, 2.24) is 0 Å². The van der Waals surface area contributed by atoms with Crippen LogP contribution < -0.4 is 0 Å². The Labute approximate surface area is 79.0 Å². The van der Waals surface area contributed by atoms with Crippen LogP contribution in [0, 0.1) is 11.3 Å². The van der Waals surface area contributed by atoms with Crippen molar-refractivity contribution in [3.63, 3.8) is 0 Å². The third-order valence-electron chi connectivity index (χ3n) is 2.98. The maximum absolute atomic E-state index is 11.5. The van der Waals surface area contributed by atoms with E-state index in [-0.39, 0.29) is 5.78 Å². The van der Waals surface area contributed by atoms with E-state index in [9.17, 15) is 9.59 Å². The zero-order valence-corrected chi connectivity index (χ0v) is 8.30. The minimum absolute atomic E-state index is 0.0833. The van der Waals surface area contributed by atoms with Crippen LogP contribution in [0.2, 0.25) is 0 Å². The Morgan fingerprint density at radius 1 is 1.69 bits per heavy atom. The van der Waals surface area contributed by atoms with Gasteiger partial charge in [0.15, 0.2) is 0 Å². The SMILES string of the molecule is C=C(C)[C@H]1CCC(=O)[C@](C)(C=O)C1.